The van der Waals surface area contributed by atoms with Gasteiger partial charge in [-0.3, -0.25) is 4.72 Å². The van der Waals surface area contributed by atoms with Crippen molar-refractivity contribution in [1.29, 1.82) is 0 Å². The Bertz CT molecular complexity index is 819. The molecule has 1 aliphatic rings. The molecule has 1 saturated heterocycles. The van der Waals surface area contributed by atoms with Gasteiger partial charge in [0.2, 0.25) is 15.2 Å². The SMILES string of the molecule is CCS(=O)(=O)Nc1nnc(-c2ccc(N3CCSCC3)c(F)c2)s1. The molecule has 1 aliphatic heterocycles. The molecule has 1 aromatic carbocycles. The second kappa shape index (κ2) is 7.24. The summed E-state index contributed by atoms with van der Waals surface area (Å²) < 4.78 is 39.9. The number of sulfonamides is 1. The first-order valence-corrected chi connectivity index (χ1v) is 11.1. The highest BCUT2D eigenvalue weighted by molar-refractivity contribution is 7.99. The zero-order valence-electron chi connectivity index (χ0n) is 13.0. The average Bonchev–Trinajstić information content (AvgIpc) is 3.03. The Morgan fingerprint density at radius 1 is 1.29 bits per heavy atom. The van der Waals surface area contributed by atoms with Crippen molar-refractivity contribution in [2.75, 3.05) is 40.0 Å². The van der Waals surface area contributed by atoms with E-state index >= 15 is 0 Å². The van der Waals surface area contributed by atoms with Gasteiger partial charge in [-0.05, 0) is 25.1 Å². The summed E-state index contributed by atoms with van der Waals surface area (Å²) in [6, 6.07) is 4.96. The fourth-order valence-corrected chi connectivity index (χ4v) is 4.78. The van der Waals surface area contributed by atoms with Crippen molar-refractivity contribution < 1.29 is 12.8 Å². The maximum Gasteiger partial charge on any atom is 0.234 e. The zero-order chi connectivity index (χ0) is 17.2. The van der Waals surface area contributed by atoms with Crippen LogP contribution in [0.2, 0.25) is 0 Å². The molecule has 0 amide bonds. The minimum absolute atomic E-state index is 0.0423. The predicted molar refractivity (Wildman–Crippen MR) is 97.9 cm³/mol. The summed E-state index contributed by atoms with van der Waals surface area (Å²) in [5.41, 5.74) is 1.18. The molecule has 0 bridgehead atoms. The summed E-state index contributed by atoms with van der Waals surface area (Å²) >= 11 is 2.95. The minimum Gasteiger partial charge on any atom is -0.368 e. The van der Waals surface area contributed by atoms with Crippen LogP contribution in [0, 0.1) is 5.82 Å². The van der Waals surface area contributed by atoms with Gasteiger partial charge in [0.05, 0.1) is 11.4 Å². The fourth-order valence-electron chi connectivity index (χ4n) is 2.29. The molecular formula is C14H17FN4O2S3. The third-order valence-electron chi connectivity index (χ3n) is 3.59. The first-order chi connectivity index (χ1) is 11.5. The van der Waals surface area contributed by atoms with E-state index in [1.807, 2.05) is 16.7 Å². The van der Waals surface area contributed by atoms with Gasteiger partial charge in [0.15, 0.2) is 0 Å². The number of thioether (sulfide) groups is 1. The molecule has 1 N–H and O–H groups in total. The Hall–Kier alpha value is -1.39. The standard InChI is InChI=1S/C14H17FN4O2S3/c1-2-24(20,21)18-14-17-16-13(23-14)10-3-4-12(11(15)9-10)19-5-7-22-8-6-19/h3-4,9H,2,5-8H2,1H3,(H,17,18). The quantitative estimate of drug-likeness (QED) is 0.849. The van der Waals surface area contributed by atoms with E-state index in [2.05, 4.69) is 14.9 Å². The van der Waals surface area contributed by atoms with Gasteiger partial charge in [-0.1, -0.05) is 11.3 Å². The molecule has 6 nitrogen and oxygen atoms in total. The monoisotopic (exact) mass is 388 g/mol. The summed E-state index contributed by atoms with van der Waals surface area (Å²) in [5, 5.41) is 8.42. The highest BCUT2D eigenvalue weighted by atomic mass is 32.2. The van der Waals surface area contributed by atoms with E-state index < -0.39 is 10.0 Å². The molecule has 0 atom stereocenters. The molecule has 0 aliphatic carbocycles. The second-order valence-electron chi connectivity index (χ2n) is 5.18. The maximum absolute atomic E-state index is 14.4. The molecule has 2 aromatic rings. The average molecular weight is 389 g/mol. The fraction of sp³-hybridized carbons (Fsp3) is 0.429. The Kier molecular flexibility index (Phi) is 5.26. The zero-order valence-corrected chi connectivity index (χ0v) is 15.5. The largest absolute Gasteiger partial charge is 0.368 e. The van der Waals surface area contributed by atoms with Crippen molar-refractivity contribution >= 4 is 43.9 Å². The van der Waals surface area contributed by atoms with Crippen molar-refractivity contribution in [2.24, 2.45) is 0 Å². The Morgan fingerprint density at radius 2 is 2.04 bits per heavy atom. The molecule has 0 unspecified atom stereocenters. The van der Waals surface area contributed by atoms with Crippen molar-refractivity contribution in [3.05, 3.63) is 24.0 Å². The van der Waals surface area contributed by atoms with Crippen LogP contribution in [-0.4, -0.2) is 49.0 Å². The number of nitrogens with zero attached hydrogens (tertiary/aromatic N) is 3. The van der Waals surface area contributed by atoms with Crippen LogP contribution in [0.1, 0.15) is 6.92 Å². The van der Waals surface area contributed by atoms with E-state index in [0.717, 1.165) is 35.9 Å². The van der Waals surface area contributed by atoms with E-state index in [0.29, 0.717) is 16.3 Å². The third-order valence-corrected chi connectivity index (χ3v) is 6.82. The number of hydrogen-bond acceptors (Lipinski definition) is 7. The van der Waals surface area contributed by atoms with Crippen molar-refractivity contribution in [2.45, 2.75) is 6.92 Å². The number of halogens is 1. The lowest BCUT2D eigenvalue weighted by molar-refractivity contribution is 0.602. The summed E-state index contributed by atoms with van der Waals surface area (Å²) in [7, 11) is -3.40. The first-order valence-electron chi connectivity index (χ1n) is 7.45. The summed E-state index contributed by atoms with van der Waals surface area (Å²) in [5.74, 6) is 1.65. The van der Waals surface area contributed by atoms with Crippen molar-refractivity contribution in [3.63, 3.8) is 0 Å². The maximum atomic E-state index is 14.4. The van der Waals surface area contributed by atoms with Gasteiger partial charge in [0.25, 0.3) is 0 Å². The van der Waals surface area contributed by atoms with Gasteiger partial charge >= 0.3 is 0 Å². The Morgan fingerprint density at radius 3 is 2.71 bits per heavy atom. The number of nitrogens with one attached hydrogen (secondary N) is 1. The number of benzene rings is 1. The van der Waals surface area contributed by atoms with E-state index in [1.54, 1.807) is 12.1 Å². The smallest absolute Gasteiger partial charge is 0.234 e. The third kappa shape index (κ3) is 3.98. The lowest BCUT2D eigenvalue weighted by atomic mass is 10.2. The molecule has 1 aromatic heterocycles. The van der Waals surface area contributed by atoms with E-state index in [1.165, 1.54) is 13.0 Å². The number of hydrogen-bond donors (Lipinski definition) is 1. The number of anilines is 2. The molecule has 0 radical (unpaired) electrons. The van der Waals surface area contributed by atoms with Gasteiger partial charge in [0.1, 0.15) is 10.8 Å². The van der Waals surface area contributed by atoms with Crippen LogP contribution in [0.3, 0.4) is 0 Å². The van der Waals surface area contributed by atoms with Crippen LogP contribution < -0.4 is 9.62 Å². The highest BCUT2D eigenvalue weighted by Crippen LogP contribution is 2.31. The highest BCUT2D eigenvalue weighted by Gasteiger charge is 2.17. The molecule has 130 valence electrons. The van der Waals surface area contributed by atoms with Crippen LogP contribution >= 0.6 is 23.1 Å². The molecule has 0 saturated carbocycles. The van der Waals surface area contributed by atoms with Gasteiger partial charge in [-0.2, -0.15) is 11.8 Å². The summed E-state index contributed by atoms with van der Waals surface area (Å²) in [4.78, 5) is 2.04. The van der Waals surface area contributed by atoms with Gasteiger partial charge in [-0.25, -0.2) is 12.8 Å². The Labute approximate surface area is 148 Å². The minimum atomic E-state index is -3.40. The predicted octanol–water partition coefficient (Wildman–Crippen LogP) is 2.66. The summed E-state index contributed by atoms with van der Waals surface area (Å²) in [6.45, 7) is 3.21. The molecule has 2 heterocycles. The lowest BCUT2D eigenvalue weighted by Crippen LogP contribution is -2.33. The van der Waals surface area contributed by atoms with Crippen LogP contribution in [0.25, 0.3) is 10.6 Å². The van der Waals surface area contributed by atoms with Crippen LogP contribution in [0.4, 0.5) is 15.2 Å². The molecule has 10 heteroatoms. The van der Waals surface area contributed by atoms with Gasteiger partial charge < -0.3 is 4.90 Å². The van der Waals surface area contributed by atoms with E-state index in [9.17, 15) is 12.8 Å². The van der Waals surface area contributed by atoms with E-state index in [4.69, 9.17) is 0 Å². The van der Waals surface area contributed by atoms with Gasteiger partial charge in [-0.15, -0.1) is 10.2 Å². The number of aromatic nitrogens is 2. The Balaban J connectivity index is 1.80. The molecule has 0 spiro atoms. The molecule has 24 heavy (non-hydrogen) atoms. The van der Waals surface area contributed by atoms with E-state index in [-0.39, 0.29) is 16.7 Å². The van der Waals surface area contributed by atoms with Crippen LogP contribution in [0.5, 0.6) is 0 Å². The number of rotatable bonds is 5. The molecular weight excluding hydrogens is 371 g/mol. The molecule has 3 rings (SSSR count). The van der Waals surface area contributed by atoms with Gasteiger partial charge in [0, 0.05) is 30.2 Å². The lowest BCUT2D eigenvalue weighted by Gasteiger charge is -2.28. The second-order valence-corrected chi connectivity index (χ2v) is 9.40. The molecule has 1 fully saturated rings. The van der Waals surface area contributed by atoms with Crippen molar-refractivity contribution in [1.82, 2.24) is 10.2 Å². The first kappa shape index (κ1) is 17.4. The summed E-state index contributed by atoms with van der Waals surface area (Å²) in [6.07, 6.45) is 0. The van der Waals surface area contributed by atoms with Crippen LogP contribution in [0.15, 0.2) is 18.2 Å². The van der Waals surface area contributed by atoms with Crippen molar-refractivity contribution in [3.8, 4) is 10.6 Å². The normalized spacial score (nSPS) is 15.5. The topological polar surface area (TPSA) is 75.2 Å². The van der Waals surface area contributed by atoms with Crippen LogP contribution in [-0.2, 0) is 10.0 Å².